The Morgan fingerprint density at radius 1 is 1.44 bits per heavy atom. The lowest BCUT2D eigenvalue weighted by Crippen LogP contribution is -2.11. The molecule has 1 rings (SSSR count). The van der Waals surface area contributed by atoms with Crippen molar-refractivity contribution in [2.24, 2.45) is 0 Å². The second kappa shape index (κ2) is 6.15. The minimum absolute atomic E-state index is 0.191. The van der Waals surface area contributed by atoms with Crippen LogP contribution in [0.1, 0.15) is 57.7 Å². The third-order valence-corrected chi connectivity index (χ3v) is 4.69. The van der Waals surface area contributed by atoms with Gasteiger partial charge in [-0.05, 0) is 25.7 Å². The van der Waals surface area contributed by atoms with Gasteiger partial charge in [0.15, 0.2) is 0 Å². The smallest absolute Gasteiger partial charge is 0.0928 e. The highest BCUT2D eigenvalue weighted by Gasteiger charge is 2.17. The Labute approximate surface area is 112 Å². The van der Waals surface area contributed by atoms with Crippen LogP contribution in [0.3, 0.4) is 0 Å². The molecule has 1 nitrogen and oxygen atoms in total. The van der Waals surface area contributed by atoms with E-state index in [-0.39, 0.29) is 5.41 Å². The SMILES string of the molecule is CCC(Br)CCCc1nc(C(C)(C)C)cs1. The van der Waals surface area contributed by atoms with Gasteiger partial charge in [0.05, 0.1) is 10.7 Å². The molecule has 1 aromatic rings. The maximum Gasteiger partial charge on any atom is 0.0928 e. The summed E-state index contributed by atoms with van der Waals surface area (Å²) in [7, 11) is 0. The minimum atomic E-state index is 0.191. The lowest BCUT2D eigenvalue weighted by molar-refractivity contribution is 0.569. The third-order valence-electron chi connectivity index (χ3n) is 2.67. The summed E-state index contributed by atoms with van der Waals surface area (Å²) in [6.07, 6.45) is 4.83. The lowest BCUT2D eigenvalue weighted by Gasteiger charge is -2.14. The number of halogens is 1. The van der Waals surface area contributed by atoms with Crippen molar-refractivity contribution in [2.45, 2.75) is 63.6 Å². The van der Waals surface area contributed by atoms with Gasteiger partial charge in [0.2, 0.25) is 0 Å². The first-order valence-electron chi connectivity index (χ1n) is 6.02. The molecule has 16 heavy (non-hydrogen) atoms. The Morgan fingerprint density at radius 2 is 2.12 bits per heavy atom. The van der Waals surface area contributed by atoms with Crippen LogP contribution in [0.25, 0.3) is 0 Å². The van der Waals surface area contributed by atoms with Crippen molar-refractivity contribution in [1.29, 1.82) is 0 Å². The van der Waals surface area contributed by atoms with Crippen molar-refractivity contribution in [3.05, 3.63) is 16.1 Å². The highest BCUT2D eigenvalue weighted by Crippen LogP contribution is 2.25. The number of hydrogen-bond acceptors (Lipinski definition) is 2. The molecule has 0 bridgehead atoms. The Kier molecular flexibility index (Phi) is 5.45. The minimum Gasteiger partial charge on any atom is -0.246 e. The molecule has 0 fully saturated rings. The Balaban J connectivity index is 2.41. The van der Waals surface area contributed by atoms with Crippen LogP contribution < -0.4 is 0 Å². The molecule has 0 aliphatic rings. The van der Waals surface area contributed by atoms with Crippen molar-refractivity contribution in [2.75, 3.05) is 0 Å². The number of hydrogen-bond donors (Lipinski definition) is 0. The van der Waals surface area contributed by atoms with Crippen molar-refractivity contribution in [1.82, 2.24) is 4.98 Å². The Hall–Kier alpha value is 0.110. The van der Waals surface area contributed by atoms with E-state index in [0.717, 1.165) is 6.42 Å². The van der Waals surface area contributed by atoms with Crippen LogP contribution in [-0.2, 0) is 11.8 Å². The maximum absolute atomic E-state index is 4.71. The van der Waals surface area contributed by atoms with Crippen LogP contribution in [0.15, 0.2) is 5.38 Å². The first-order valence-corrected chi connectivity index (χ1v) is 7.82. The summed E-state index contributed by atoms with van der Waals surface area (Å²) in [6.45, 7) is 8.88. The molecule has 0 saturated carbocycles. The molecule has 1 aromatic heterocycles. The first-order chi connectivity index (χ1) is 7.43. The largest absolute Gasteiger partial charge is 0.246 e. The van der Waals surface area contributed by atoms with E-state index >= 15 is 0 Å². The lowest BCUT2D eigenvalue weighted by atomic mass is 9.93. The summed E-state index contributed by atoms with van der Waals surface area (Å²) in [5.74, 6) is 0. The van der Waals surface area contributed by atoms with E-state index in [4.69, 9.17) is 4.98 Å². The molecule has 1 atom stereocenters. The normalized spacial score (nSPS) is 14.1. The predicted octanol–water partition coefficient (Wildman–Crippen LogP) is 4.94. The van der Waals surface area contributed by atoms with Crippen LogP contribution in [0.2, 0.25) is 0 Å². The monoisotopic (exact) mass is 303 g/mol. The maximum atomic E-state index is 4.71. The van der Waals surface area contributed by atoms with Crippen LogP contribution >= 0.6 is 27.3 Å². The van der Waals surface area contributed by atoms with E-state index in [1.54, 1.807) is 0 Å². The van der Waals surface area contributed by atoms with Gasteiger partial charge in [-0.15, -0.1) is 11.3 Å². The molecule has 1 unspecified atom stereocenters. The van der Waals surface area contributed by atoms with Crippen molar-refractivity contribution < 1.29 is 0 Å². The molecule has 92 valence electrons. The van der Waals surface area contributed by atoms with E-state index in [9.17, 15) is 0 Å². The van der Waals surface area contributed by atoms with Gasteiger partial charge in [-0.3, -0.25) is 0 Å². The predicted molar refractivity (Wildman–Crippen MR) is 76.8 cm³/mol. The average Bonchev–Trinajstić information content (AvgIpc) is 2.65. The van der Waals surface area contributed by atoms with Gasteiger partial charge in [-0.1, -0.05) is 43.6 Å². The number of nitrogens with zero attached hydrogens (tertiary/aromatic N) is 1. The molecule has 0 amide bonds. The van der Waals surface area contributed by atoms with Gasteiger partial charge in [0.25, 0.3) is 0 Å². The molecular formula is C13H22BrNS. The fourth-order valence-electron chi connectivity index (χ4n) is 1.45. The topological polar surface area (TPSA) is 12.9 Å². The molecule has 0 aromatic carbocycles. The number of aryl methyl sites for hydroxylation is 1. The quantitative estimate of drug-likeness (QED) is 0.702. The molecule has 0 N–H and O–H groups in total. The number of thiazole rings is 1. The molecule has 0 spiro atoms. The van der Waals surface area contributed by atoms with Crippen LogP contribution in [0.5, 0.6) is 0 Å². The summed E-state index contributed by atoms with van der Waals surface area (Å²) >= 11 is 5.48. The zero-order valence-electron chi connectivity index (χ0n) is 10.7. The fraction of sp³-hybridized carbons (Fsp3) is 0.769. The summed E-state index contributed by atoms with van der Waals surface area (Å²) in [4.78, 5) is 5.38. The number of aromatic nitrogens is 1. The molecule has 1 heterocycles. The zero-order chi connectivity index (χ0) is 12.2. The molecule has 0 aliphatic carbocycles. The van der Waals surface area contributed by atoms with E-state index in [2.05, 4.69) is 49.0 Å². The standard InChI is InChI=1S/C13H22BrNS/c1-5-10(14)7-6-8-12-15-11(9-16-12)13(2,3)4/h9-10H,5-8H2,1-4H3. The summed E-state index contributed by atoms with van der Waals surface area (Å²) in [5.41, 5.74) is 1.43. The van der Waals surface area contributed by atoms with Crippen molar-refractivity contribution in [3.63, 3.8) is 0 Å². The van der Waals surface area contributed by atoms with Gasteiger partial charge < -0.3 is 0 Å². The number of alkyl halides is 1. The summed E-state index contributed by atoms with van der Waals surface area (Å²) < 4.78 is 0. The molecular weight excluding hydrogens is 282 g/mol. The van der Waals surface area contributed by atoms with E-state index in [1.807, 2.05) is 11.3 Å². The number of rotatable bonds is 5. The highest BCUT2D eigenvalue weighted by atomic mass is 79.9. The van der Waals surface area contributed by atoms with E-state index in [0.29, 0.717) is 4.83 Å². The zero-order valence-corrected chi connectivity index (χ0v) is 13.1. The van der Waals surface area contributed by atoms with Gasteiger partial charge >= 0.3 is 0 Å². The average molecular weight is 304 g/mol. The Bertz CT molecular complexity index is 314. The molecule has 0 aliphatic heterocycles. The van der Waals surface area contributed by atoms with Crippen molar-refractivity contribution >= 4 is 27.3 Å². The second-order valence-corrected chi connectivity index (χ2v) is 7.51. The van der Waals surface area contributed by atoms with Crippen LogP contribution in [0, 0.1) is 0 Å². The molecule has 0 radical (unpaired) electrons. The van der Waals surface area contributed by atoms with Gasteiger partial charge in [0, 0.05) is 15.6 Å². The second-order valence-electron chi connectivity index (χ2n) is 5.27. The summed E-state index contributed by atoms with van der Waals surface area (Å²) in [6, 6.07) is 0. The van der Waals surface area contributed by atoms with E-state index < -0.39 is 0 Å². The summed E-state index contributed by atoms with van der Waals surface area (Å²) in [5, 5.41) is 3.50. The third kappa shape index (κ3) is 4.54. The van der Waals surface area contributed by atoms with E-state index in [1.165, 1.54) is 30.0 Å². The van der Waals surface area contributed by atoms with Gasteiger partial charge in [-0.25, -0.2) is 4.98 Å². The van der Waals surface area contributed by atoms with Crippen LogP contribution in [-0.4, -0.2) is 9.81 Å². The highest BCUT2D eigenvalue weighted by molar-refractivity contribution is 9.09. The van der Waals surface area contributed by atoms with Gasteiger partial charge in [0.1, 0.15) is 0 Å². The first kappa shape index (κ1) is 14.2. The van der Waals surface area contributed by atoms with Crippen LogP contribution in [0.4, 0.5) is 0 Å². The fourth-order valence-corrected chi connectivity index (χ4v) is 2.84. The molecule has 0 saturated heterocycles. The Morgan fingerprint density at radius 3 is 2.62 bits per heavy atom. The van der Waals surface area contributed by atoms with Crippen molar-refractivity contribution in [3.8, 4) is 0 Å². The van der Waals surface area contributed by atoms with Gasteiger partial charge in [-0.2, -0.15) is 0 Å². The molecule has 3 heteroatoms.